The van der Waals surface area contributed by atoms with Gasteiger partial charge in [-0.05, 0) is 17.7 Å². The number of aromatic nitrogens is 3. The smallest absolute Gasteiger partial charge is 0.273 e. The number of carbonyl (C=O) groups excluding carboxylic acids is 2. The van der Waals surface area contributed by atoms with Crippen molar-refractivity contribution in [3.63, 3.8) is 0 Å². The minimum absolute atomic E-state index is 0.0974. The summed E-state index contributed by atoms with van der Waals surface area (Å²) in [7, 11) is 1.61. The van der Waals surface area contributed by atoms with Gasteiger partial charge in [0.2, 0.25) is 5.91 Å². The molecule has 0 saturated carbocycles. The van der Waals surface area contributed by atoms with Gasteiger partial charge in [-0.15, -0.1) is 5.10 Å². The number of nitrogens with one attached hydrogen (secondary N) is 1. The summed E-state index contributed by atoms with van der Waals surface area (Å²) in [6, 6.07) is 7.41. The third-order valence-electron chi connectivity index (χ3n) is 4.44. The number of amides is 2. The lowest BCUT2D eigenvalue weighted by Gasteiger charge is -2.15. The lowest BCUT2D eigenvalue weighted by Crippen LogP contribution is -2.32. The van der Waals surface area contributed by atoms with Gasteiger partial charge in [0.1, 0.15) is 0 Å². The summed E-state index contributed by atoms with van der Waals surface area (Å²) in [4.78, 5) is 26.0. The van der Waals surface area contributed by atoms with Gasteiger partial charge in [-0.3, -0.25) is 9.59 Å². The Kier molecular flexibility index (Phi) is 6.41. The Morgan fingerprint density at radius 3 is 2.89 bits per heavy atom. The van der Waals surface area contributed by atoms with E-state index in [1.165, 1.54) is 0 Å². The normalized spacial score (nSPS) is 16.7. The van der Waals surface area contributed by atoms with Gasteiger partial charge in [0.25, 0.3) is 5.91 Å². The van der Waals surface area contributed by atoms with Crippen LogP contribution in [0.1, 0.15) is 22.5 Å². The highest BCUT2D eigenvalue weighted by Crippen LogP contribution is 2.16. The highest BCUT2D eigenvalue weighted by atomic mass is 35.5. The minimum atomic E-state index is -0.292. The van der Waals surface area contributed by atoms with Crippen LogP contribution in [0.2, 0.25) is 5.02 Å². The standard InChI is InChI=1S/C18H22ClN5O3/c1-27-7-6-23-10-14(8-17(23)25)9-20-18(26)16-12-24(22-21-16)11-13-2-4-15(19)5-3-13/h2-5,12,14H,6-11H2,1H3,(H,20,26)/t14-/m0/s1. The fourth-order valence-corrected chi connectivity index (χ4v) is 3.12. The number of likely N-dealkylation sites (tertiary alicyclic amines) is 1. The first-order chi connectivity index (χ1) is 13.0. The van der Waals surface area contributed by atoms with Crippen molar-refractivity contribution in [3.05, 3.63) is 46.7 Å². The molecule has 2 amide bonds. The fourth-order valence-electron chi connectivity index (χ4n) is 2.99. The quantitative estimate of drug-likeness (QED) is 0.730. The van der Waals surface area contributed by atoms with E-state index in [0.29, 0.717) is 44.2 Å². The number of halogens is 1. The molecule has 144 valence electrons. The highest BCUT2D eigenvalue weighted by Gasteiger charge is 2.29. The molecule has 1 aromatic heterocycles. The van der Waals surface area contributed by atoms with Crippen molar-refractivity contribution in [1.29, 1.82) is 0 Å². The van der Waals surface area contributed by atoms with Crippen molar-refractivity contribution in [2.45, 2.75) is 13.0 Å². The van der Waals surface area contributed by atoms with Crippen molar-refractivity contribution in [2.75, 3.05) is 33.4 Å². The lowest BCUT2D eigenvalue weighted by atomic mass is 10.1. The number of hydrogen-bond donors (Lipinski definition) is 1. The predicted molar refractivity (Wildman–Crippen MR) is 99.5 cm³/mol. The molecule has 0 bridgehead atoms. The predicted octanol–water partition coefficient (Wildman–Crippen LogP) is 1.20. The second-order valence-corrected chi connectivity index (χ2v) is 6.98. The molecule has 2 heterocycles. The Bertz CT molecular complexity index is 793. The number of ether oxygens (including phenoxy) is 1. The van der Waals surface area contributed by atoms with E-state index >= 15 is 0 Å². The Hall–Kier alpha value is -2.45. The van der Waals surface area contributed by atoms with Crippen LogP contribution in [0.25, 0.3) is 0 Å². The van der Waals surface area contributed by atoms with E-state index < -0.39 is 0 Å². The molecule has 0 radical (unpaired) electrons. The molecule has 1 aliphatic rings. The maximum Gasteiger partial charge on any atom is 0.273 e. The summed E-state index contributed by atoms with van der Waals surface area (Å²) >= 11 is 5.87. The van der Waals surface area contributed by atoms with E-state index in [4.69, 9.17) is 16.3 Å². The Labute approximate surface area is 162 Å². The fraction of sp³-hybridized carbons (Fsp3) is 0.444. The molecular formula is C18H22ClN5O3. The molecule has 2 aromatic rings. The minimum Gasteiger partial charge on any atom is -0.383 e. The van der Waals surface area contributed by atoms with E-state index in [2.05, 4.69) is 15.6 Å². The van der Waals surface area contributed by atoms with E-state index in [9.17, 15) is 9.59 Å². The number of rotatable bonds is 8. The first kappa shape index (κ1) is 19.3. The second-order valence-electron chi connectivity index (χ2n) is 6.54. The number of nitrogens with zero attached hydrogens (tertiary/aromatic N) is 4. The van der Waals surface area contributed by atoms with Gasteiger partial charge in [0, 0.05) is 44.1 Å². The molecule has 1 aromatic carbocycles. The zero-order valence-electron chi connectivity index (χ0n) is 15.1. The molecule has 3 rings (SSSR count). The molecule has 1 aliphatic heterocycles. The molecular weight excluding hydrogens is 370 g/mol. The van der Waals surface area contributed by atoms with Crippen molar-refractivity contribution < 1.29 is 14.3 Å². The molecule has 8 nitrogen and oxygen atoms in total. The van der Waals surface area contributed by atoms with Gasteiger partial charge >= 0.3 is 0 Å². The molecule has 1 atom stereocenters. The number of carbonyl (C=O) groups is 2. The summed E-state index contributed by atoms with van der Waals surface area (Å²) < 4.78 is 6.61. The first-order valence-electron chi connectivity index (χ1n) is 8.74. The van der Waals surface area contributed by atoms with Crippen LogP contribution < -0.4 is 5.32 Å². The summed E-state index contributed by atoms with van der Waals surface area (Å²) in [5.41, 5.74) is 1.27. The van der Waals surface area contributed by atoms with Crippen LogP contribution in [-0.2, 0) is 16.1 Å². The maximum absolute atomic E-state index is 12.3. The molecule has 9 heteroatoms. The van der Waals surface area contributed by atoms with Gasteiger partial charge in [-0.1, -0.05) is 28.9 Å². The Balaban J connectivity index is 1.48. The summed E-state index contributed by atoms with van der Waals surface area (Å²) in [6.45, 7) is 2.66. The third-order valence-corrected chi connectivity index (χ3v) is 4.69. The zero-order chi connectivity index (χ0) is 19.2. The van der Waals surface area contributed by atoms with Gasteiger partial charge in [0.05, 0.1) is 19.3 Å². The molecule has 1 N–H and O–H groups in total. The SMILES string of the molecule is COCCN1C[C@H](CNC(=O)c2cn(Cc3ccc(Cl)cc3)nn2)CC1=O. The van der Waals surface area contributed by atoms with Crippen LogP contribution in [-0.4, -0.2) is 65.1 Å². The average Bonchev–Trinajstić information content (AvgIpc) is 3.26. The van der Waals surface area contributed by atoms with Gasteiger partial charge in [-0.25, -0.2) is 4.68 Å². The van der Waals surface area contributed by atoms with Crippen LogP contribution in [0, 0.1) is 5.92 Å². The number of hydrogen-bond acceptors (Lipinski definition) is 5. The van der Waals surface area contributed by atoms with Crippen molar-refractivity contribution >= 4 is 23.4 Å². The summed E-state index contributed by atoms with van der Waals surface area (Å²) in [5, 5.41) is 11.4. The van der Waals surface area contributed by atoms with Crippen LogP contribution in [0.5, 0.6) is 0 Å². The lowest BCUT2D eigenvalue weighted by molar-refractivity contribution is -0.128. The first-order valence-corrected chi connectivity index (χ1v) is 9.12. The van der Waals surface area contributed by atoms with Crippen molar-refractivity contribution in [2.24, 2.45) is 5.92 Å². The number of benzene rings is 1. The van der Waals surface area contributed by atoms with E-state index in [1.807, 2.05) is 12.1 Å². The van der Waals surface area contributed by atoms with Crippen molar-refractivity contribution in [3.8, 4) is 0 Å². The van der Waals surface area contributed by atoms with Gasteiger partial charge in [-0.2, -0.15) is 0 Å². The third kappa shape index (κ3) is 5.27. The molecule has 0 unspecified atom stereocenters. The van der Waals surface area contributed by atoms with Gasteiger partial charge < -0.3 is 15.0 Å². The topological polar surface area (TPSA) is 89.3 Å². The molecule has 1 fully saturated rings. The van der Waals surface area contributed by atoms with E-state index in [0.717, 1.165) is 5.56 Å². The Morgan fingerprint density at radius 1 is 1.37 bits per heavy atom. The molecule has 0 aliphatic carbocycles. The van der Waals surface area contributed by atoms with Crippen LogP contribution in [0.15, 0.2) is 30.5 Å². The molecule has 1 saturated heterocycles. The Morgan fingerprint density at radius 2 is 2.15 bits per heavy atom. The van der Waals surface area contributed by atoms with E-state index in [-0.39, 0.29) is 23.4 Å². The summed E-state index contributed by atoms with van der Waals surface area (Å²) in [5.74, 6) is -0.0947. The molecule has 27 heavy (non-hydrogen) atoms. The van der Waals surface area contributed by atoms with Gasteiger partial charge in [0.15, 0.2) is 5.69 Å². The highest BCUT2D eigenvalue weighted by molar-refractivity contribution is 6.30. The maximum atomic E-state index is 12.3. The monoisotopic (exact) mass is 391 g/mol. The van der Waals surface area contributed by atoms with Crippen LogP contribution in [0.3, 0.4) is 0 Å². The zero-order valence-corrected chi connectivity index (χ0v) is 15.9. The average molecular weight is 392 g/mol. The van der Waals surface area contributed by atoms with Crippen LogP contribution >= 0.6 is 11.6 Å². The number of methoxy groups -OCH3 is 1. The largest absolute Gasteiger partial charge is 0.383 e. The molecule has 0 spiro atoms. The van der Waals surface area contributed by atoms with Crippen molar-refractivity contribution in [1.82, 2.24) is 25.2 Å². The summed E-state index contributed by atoms with van der Waals surface area (Å²) in [6.07, 6.45) is 2.04. The van der Waals surface area contributed by atoms with Crippen LogP contribution in [0.4, 0.5) is 0 Å². The van der Waals surface area contributed by atoms with E-state index in [1.54, 1.807) is 35.0 Å². The second kappa shape index (κ2) is 8.96.